The highest BCUT2D eigenvalue weighted by Gasteiger charge is 2.24. The van der Waals surface area contributed by atoms with Crippen LogP contribution in [0.3, 0.4) is 0 Å². The number of amides is 1. The minimum Gasteiger partial charge on any atom is -0.497 e. The lowest BCUT2D eigenvalue weighted by molar-refractivity contribution is -0.123. The van der Waals surface area contributed by atoms with Crippen LogP contribution in [0.1, 0.15) is 28.7 Å². The number of aromatic nitrogens is 1. The van der Waals surface area contributed by atoms with Crippen molar-refractivity contribution < 1.29 is 28.5 Å². The monoisotopic (exact) mass is 452 g/mol. The number of nitrogens with one attached hydrogen (secondary N) is 1. The third kappa shape index (κ3) is 5.11. The summed E-state index contributed by atoms with van der Waals surface area (Å²) in [5, 5.41) is 2.72. The lowest BCUT2D eigenvalue weighted by atomic mass is 10.2. The number of ether oxygens (including phenoxy) is 4. The molecule has 0 saturated carbocycles. The molecule has 0 fully saturated rings. The van der Waals surface area contributed by atoms with Crippen molar-refractivity contribution in [2.45, 2.75) is 26.9 Å². The van der Waals surface area contributed by atoms with E-state index in [0.717, 1.165) is 17.1 Å². The smallest absolute Gasteiger partial charge is 0.340 e. The highest BCUT2D eigenvalue weighted by molar-refractivity contribution is 5.98. The van der Waals surface area contributed by atoms with Crippen LogP contribution < -0.4 is 19.5 Å². The number of carbonyl (C=O) groups excluding carboxylic acids is 2. The summed E-state index contributed by atoms with van der Waals surface area (Å²) in [6.45, 7) is 5.25. The molecule has 1 atom stereocenters. The summed E-state index contributed by atoms with van der Waals surface area (Å²) in [5.74, 6) is 0.697. The number of hydrogen-bond acceptors (Lipinski definition) is 6. The Labute approximate surface area is 193 Å². The lowest BCUT2D eigenvalue weighted by Gasteiger charge is -2.16. The average Bonchev–Trinajstić information content (AvgIpc) is 3.12. The number of anilines is 1. The predicted molar refractivity (Wildman–Crippen MR) is 125 cm³/mol. The van der Waals surface area contributed by atoms with Gasteiger partial charge < -0.3 is 28.8 Å². The van der Waals surface area contributed by atoms with Crippen LogP contribution in [-0.2, 0) is 9.53 Å². The van der Waals surface area contributed by atoms with Gasteiger partial charge in [0.1, 0.15) is 17.2 Å². The first-order valence-corrected chi connectivity index (χ1v) is 10.4. The van der Waals surface area contributed by atoms with Crippen molar-refractivity contribution in [2.24, 2.45) is 0 Å². The molecule has 1 amide bonds. The number of nitrogens with zero attached hydrogens (tertiary/aromatic N) is 1. The summed E-state index contributed by atoms with van der Waals surface area (Å²) in [5.41, 5.74) is 3.28. The SMILES string of the molecule is COc1ccc(-n2c(C)cc(C(=O)OC(C)C(=O)Nc3cc(OC)ccc3OC)c2C)cc1. The lowest BCUT2D eigenvalue weighted by Crippen LogP contribution is -2.30. The summed E-state index contributed by atoms with van der Waals surface area (Å²) in [7, 11) is 4.64. The maximum atomic E-state index is 12.9. The van der Waals surface area contributed by atoms with Gasteiger partial charge in [-0.3, -0.25) is 4.79 Å². The first-order valence-electron chi connectivity index (χ1n) is 10.4. The number of rotatable bonds is 8. The maximum absolute atomic E-state index is 12.9. The van der Waals surface area contributed by atoms with Gasteiger partial charge in [0.2, 0.25) is 0 Å². The molecular weight excluding hydrogens is 424 g/mol. The zero-order chi connectivity index (χ0) is 24.1. The molecule has 0 bridgehead atoms. The van der Waals surface area contributed by atoms with E-state index >= 15 is 0 Å². The van der Waals surface area contributed by atoms with Crippen molar-refractivity contribution in [3.8, 4) is 22.9 Å². The maximum Gasteiger partial charge on any atom is 0.340 e. The van der Waals surface area contributed by atoms with Gasteiger partial charge in [0.15, 0.2) is 6.10 Å². The van der Waals surface area contributed by atoms with Gasteiger partial charge in [-0.25, -0.2) is 4.79 Å². The van der Waals surface area contributed by atoms with Crippen LogP contribution >= 0.6 is 0 Å². The zero-order valence-electron chi connectivity index (χ0n) is 19.6. The van der Waals surface area contributed by atoms with E-state index in [0.29, 0.717) is 28.4 Å². The number of esters is 1. The Morgan fingerprint density at radius 2 is 1.52 bits per heavy atom. The standard InChI is InChI=1S/C25H28N2O6/c1-15-13-21(16(2)27(15)18-7-9-19(30-4)10-8-18)25(29)33-17(3)24(28)26-22-14-20(31-5)11-12-23(22)32-6/h7-14,17H,1-6H3,(H,26,28). The van der Waals surface area contributed by atoms with Gasteiger partial charge in [-0.15, -0.1) is 0 Å². The molecule has 0 aliphatic heterocycles. The first-order chi connectivity index (χ1) is 15.8. The second-order valence-corrected chi connectivity index (χ2v) is 7.42. The summed E-state index contributed by atoms with van der Waals surface area (Å²) in [4.78, 5) is 25.6. The molecule has 0 spiro atoms. The second kappa shape index (κ2) is 10.1. The average molecular weight is 453 g/mol. The molecule has 8 nitrogen and oxygen atoms in total. The van der Waals surface area contributed by atoms with Gasteiger partial charge >= 0.3 is 5.97 Å². The molecule has 1 unspecified atom stereocenters. The fourth-order valence-electron chi connectivity index (χ4n) is 3.52. The van der Waals surface area contributed by atoms with Crippen LogP contribution in [0, 0.1) is 13.8 Å². The van der Waals surface area contributed by atoms with E-state index in [9.17, 15) is 9.59 Å². The normalized spacial score (nSPS) is 11.5. The summed E-state index contributed by atoms with van der Waals surface area (Å²) in [6, 6.07) is 14.3. The van der Waals surface area contributed by atoms with Gasteiger partial charge in [-0.2, -0.15) is 0 Å². The minimum atomic E-state index is -1.03. The number of aryl methyl sites for hydroxylation is 1. The number of carbonyl (C=O) groups is 2. The Balaban J connectivity index is 1.75. The van der Waals surface area contributed by atoms with Crippen molar-refractivity contribution in [3.63, 3.8) is 0 Å². The molecule has 1 aromatic heterocycles. The zero-order valence-corrected chi connectivity index (χ0v) is 19.6. The van der Waals surface area contributed by atoms with Crippen molar-refractivity contribution in [1.29, 1.82) is 0 Å². The van der Waals surface area contributed by atoms with Crippen LogP contribution in [0.25, 0.3) is 5.69 Å². The molecule has 8 heteroatoms. The second-order valence-electron chi connectivity index (χ2n) is 7.42. The largest absolute Gasteiger partial charge is 0.497 e. The van der Waals surface area contributed by atoms with E-state index in [2.05, 4.69) is 5.32 Å². The topological polar surface area (TPSA) is 88.0 Å². The molecule has 0 saturated heterocycles. The molecule has 0 aliphatic carbocycles. The van der Waals surface area contributed by atoms with Crippen LogP contribution in [0.2, 0.25) is 0 Å². The van der Waals surface area contributed by atoms with Crippen LogP contribution in [0.4, 0.5) is 5.69 Å². The molecule has 0 radical (unpaired) electrons. The van der Waals surface area contributed by atoms with Gasteiger partial charge in [0.25, 0.3) is 5.91 Å². The highest BCUT2D eigenvalue weighted by atomic mass is 16.5. The Hall–Kier alpha value is -3.94. The van der Waals surface area contributed by atoms with Crippen LogP contribution in [0.5, 0.6) is 17.2 Å². The van der Waals surface area contributed by atoms with E-state index in [1.165, 1.54) is 21.1 Å². The van der Waals surface area contributed by atoms with Crippen LogP contribution in [-0.4, -0.2) is 43.9 Å². The van der Waals surface area contributed by atoms with E-state index in [4.69, 9.17) is 18.9 Å². The summed E-state index contributed by atoms with van der Waals surface area (Å²) < 4.78 is 23.1. The number of methoxy groups -OCH3 is 3. The third-order valence-corrected chi connectivity index (χ3v) is 5.30. The van der Waals surface area contributed by atoms with Crippen molar-refractivity contribution in [1.82, 2.24) is 4.57 Å². The van der Waals surface area contributed by atoms with Crippen molar-refractivity contribution >= 4 is 17.6 Å². The van der Waals surface area contributed by atoms with Crippen molar-refractivity contribution in [3.05, 3.63) is 65.5 Å². The molecule has 174 valence electrons. The number of hydrogen-bond donors (Lipinski definition) is 1. The Morgan fingerprint density at radius 1 is 0.879 bits per heavy atom. The molecule has 1 heterocycles. The third-order valence-electron chi connectivity index (χ3n) is 5.30. The fourth-order valence-corrected chi connectivity index (χ4v) is 3.52. The molecule has 3 aromatic rings. The Kier molecular flexibility index (Phi) is 7.27. The molecule has 3 rings (SSSR count). The van der Waals surface area contributed by atoms with E-state index in [1.54, 1.807) is 31.4 Å². The van der Waals surface area contributed by atoms with Crippen LogP contribution in [0.15, 0.2) is 48.5 Å². The summed E-state index contributed by atoms with van der Waals surface area (Å²) in [6.07, 6.45) is -1.03. The van der Waals surface area contributed by atoms with E-state index < -0.39 is 18.0 Å². The Bertz CT molecular complexity index is 1150. The molecule has 0 aliphatic rings. The van der Waals surface area contributed by atoms with E-state index in [1.807, 2.05) is 42.7 Å². The first kappa shape index (κ1) is 23.7. The highest BCUT2D eigenvalue weighted by Crippen LogP contribution is 2.29. The molecule has 33 heavy (non-hydrogen) atoms. The Morgan fingerprint density at radius 3 is 2.12 bits per heavy atom. The minimum absolute atomic E-state index is 0.391. The van der Waals surface area contributed by atoms with Crippen molar-refractivity contribution in [2.75, 3.05) is 26.6 Å². The van der Waals surface area contributed by atoms with Gasteiger partial charge in [-0.1, -0.05) is 0 Å². The fraction of sp³-hybridized carbons (Fsp3) is 0.280. The molecular formula is C25H28N2O6. The van der Waals surface area contributed by atoms with E-state index in [-0.39, 0.29) is 0 Å². The molecule has 2 aromatic carbocycles. The van der Waals surface area contributed by atoms with Gasteiger partial charge in [0, 0.05) is 23.1 Å². The van der Waals surface area contributed by atoms with Gasteiger partial charge in [0.05, 0.1) is 32.6 Å². The molecule has 1 N–H and O–H groups in total. The quantitative estimate of drug-likeness (QED) is 0.513. The number of benzene rings is 2. The predicted octanol–water partition coefficient (Wildman–Crippen LogP) is 4.30. The van der Waals surface area contributed by atoms with Gasteiger partial charge in [-0.05, 0) is 63.2 Å². The summed E-state index contributed by atoms with van der Waals surface area (Å²) >= 11 is 0.